The monoisotopic (exact) mass is 384 g/mol. The topological polar surface area (TPSA) is 104 Å². The minimum Gasteiger partial charge on any atom is -0.393 e. The third-order valence-corrected chi connectivity index (χ3v) is 9.85. The van der Waals surface area contributed by atoms with Gasteiger partial charge < -0.3 is 9.47 Å². The molecule has 2 spiro atoms. The normalized spacial score (nSPS) is 57.6. The van der Waals surface area contributed by atoms with Crippen LogP contribution < -0.4 is 0 Å². The Morgan fingerprint density at radius 2 is 1.00 bits per heavy atom. The average molecular weight is 384 g/mol. The summed E-state index contributed by atoms with van der Waals surface area (Å²) in [4.78, 5) is 62.8. The number of hydrogen-bond acceptors (Lipinski definition) is 7. The van der Waals surface area contributed by atoms with Gasteiger partial charge >= 0.3 is 23.9 Å². The van der Waals surface area contributed by atoms with Crippen LogP contribution in [0.25, 0.3) is 0 Å². The van der Waals surface area contributed by atoms with Gasteiger partial charge in [0.15, 0.2) is 0 Å². The Morgan fingerprint density at radius 3 is 1.43 bits per heavy atom. The van der Waals surface area contributed by atoms with Crippen LogP contribution in [-0.2, 0) is 33.4 Å². The SMILES string of the molecule is O=C1OC(=O)[C@H]2C1[C@H]1C[C@@H]2[C@]2(CC[C@]3(C[C@@H]4C[C@@H]3[C@H]3C(=O)OC(=O)[C@@H]43)C2=O)C1. The number of ether oxygens (including phenoxy) is 2. The summed E-state index contributed by atoms with van der Waals surface area (Å²) in [5.74, 6) is -3.28. The van der Waals surface area contributed by atoms with Crippen LogP contribution >= 0.6 is 0 Å². The average Bonchev–Trinajstić information content (AvgIpc) is 3.46. The van der Waals surface area contributed by atoms with E-state index in [1.54, 1.807) is 0 Å². The molecule has 4 bridgehead atoms. The second kappa shape index (κ2) is 4.41. The molecule has 0 amide bonds. The molecule has 2 saturated heterocycles. The van der Waals surface area contributed by atoms with E-state index in [2.05, 4.69) is 0 Å². The Labute approximate surface area is 160 Å². The van der Waals surface area contributed by atoms with Crippen LogP contribution in [0.1, 0.15) is 38.5 Å². The van der Waals surface area contributed by atoms with Crippen molar-refractivity contribution in [3.63, 3.8) is 0 Å². The molecular formula is C21H20O7. The maximum Gasteiger partial charge on any atom is 0.317 e. The fraction of sp³-hybridized carbons (Fsp3) is 0.762. The van der Waals surface area contributed by atoms with Crippen molar-refractivity contribution in [2.24, 2.45) is 58.2 Å². The first-order chi connectivity index (χ1) is 13.4. The summed E-state index contributed by atoms with van der Waals surface area (Å²) in [6, 6.07) is 0. The highest BCUT2D eigenvalue weighted by molar-refractivity contribution is 6.02. The van der Waals surface area contributed by atoms with E-state index in [0.717, 1.165) is 25.7 Å². The van der Waals surface area contributed by atoms with Crippen LogP contribution in [0.2, 0.25) is 0 Å². The molecule has 0 aromatic heterocycles. The highest BCUT2D eigenvalue weighted by atomic mass is 16.6. The smallest absolute Gasteiger partial charge is 0.317 e. The predicted molar refractivity (Wildman–Crippen MR) is 87.7 cm³/mol. The summed E-state index contributed by atoms with van der Waals surface area (Å²) < 4.78 is 9.82. The summed E-state index contributed by atoms with van der Waals surface area (Å²) in [7, 11) is 0. The van der Waals surface area contributed by atoms with E-state index >= 15 is 0 Å². The molecule has 5 saturated carbocycles. The first kappa shape index (κ1) is 15.8. The fourth-order valence-electron chi connectivity index (χ4n) is 9.16. The number of hydrogen-bond donors (Lipinski definition) is 0. The van der Waals surface area contributed by atoms with E-state index in [-0.39, 0.29) is 41.3 Å². The van der Waals surface area contributed by atoms with Crippen molar-refractivity contribution in [1.82, 2.24) is 0 Å². The molecule has 7 rings (SSSR count). The van der Waals surface area contributed by atoms with E-state index in [1.165, 1.54) is 0 Å². The molecule has 7 nitrogen and oxygen atoms in total. The first-order valence-corrected chi connectivity index (χ1v) is 10.4. The number of cyclic esters (lactones) is 4. The lowest BCUT2D eigenvalue weighted by Gasteiger charge is -2.41. The summed E-state index contributed by atoms with van der Waals surface area (Å²) in [6.07, 6.45) is 4.27. The zero-order valence-corrected chi connectivity index (χ0v) is 15.2. The summed E-state index contributed by atoms with van der Waals surface area (Å²) in [6.45, 7) is 0. The maximum absolute atomic E-state index is 14.0. The van der Waals surface area contributed by atoms with Gasteiger partial charge in [-0.15, -0.1) is 0 Å². The lowest BCUT2D eigenvalue weighted by Crippen LogP contribution is -2.48. The van der Waals surface area contributed by atoms with Crippen LogP contribution in [0.4, 0.5) is 0 Å². The van der Waals surface area contributed by atoms with E-state index in [4.69, 9.17) is 9.47 Å². The van der Waals surface area contributed by atoms with Crippen molar-refractivity contribution in [2.75, 3.05) is 0 Å². The van der Waals surface area contributed by atoms with Gasteiger partial charge in [-0.3, -0.25) is 24.0 Å². The van der Waals surface area contributed by atoms with Gasteiger partial charge in [-0.2, -0.15) is 0 Å². The largest absolute Gasteiger partial charge is 0.393 e. The third-order valence-electron chi connectivity index (χ3n) is 9.85. The summed E-state index contributed by atoms with van der Waals surface area (Å²) in [5, 5.41) is 0. The second-order valence-electron chi connectivity index (χ2n) is 10.3. The van der Waals surface area contributed by atoms with E-state index in [0.29, 0.717) is 12.8 Å². The molecule has 10 atom stereocenters. The quantitative estimate of drug-likeness (QED) is 0.454. The lowest BCUT2D eigenvalue weighted by atomic mass is 9.58. The Hall–Kier alpha value is -2.05. The molecule has 2 heterocycles. The van der Waals surface area contributed by atoms with Crippen molar-refractivity contribution in [3.05, 3.63) is 0 Å². The maximum atomic E-state index is 14.0. The molecule has 7 heteroatoms. The lowest BCUT2D eigenvalue weighted by molar-refractivity contribution is -0.156. The molecule has 28 heavy (non-hydrogen) atoms. The minimum atomic E-state index is -0.554. The van der Waals surface area contributed by atoms with Gasteiger partial charge in [0.1, 0.15) is 5.78 Å². The van der Waals surface area contributed by atoms with Crippen molar-refractivity contribution in [1.29, 1.82) is 0 Å². The van der Waals surface area contributed by atoms with Crippen LogP contribution in [0.3, 0.4) is 0 Å². The van der Waals surface area contributed by atoms with Gasteiger partial charge in [-0.05, 0) is 62.2 Å². The van der Waals surface area contributed by atoms with E-state index in [9.17, 15) is 24.0 Å². The van der Waals surface area contributed by atoms with Crippen LogP contribution in [-0.4, -0.2) is 29.7 Å². The zero-order valence-electron chi connectivity index (χ0n) is 15.2. The molecule has 1 unspecified atom stereocenters. The summed E-state index contributed by atoms with van der Waals surface area (Å²) >= 11 is 0. The number of carbonyl (C=O) groups is 5. The number of Topliss-reactive ketones (excluding diaryl/α,β-unsaturated/α-hetero) is 1. The fourth-order valence-corrected chi connectivity index (χ4v) is 9.16. The highest BCUT2D eigenvalue weighted by Gasteiger charge is 2.78. The van der Waals surface area contributed by atoms with E-state index < -0.39 is 46.5 Å². The predicted octanol–water partition coefficient (Wildman–Crippen LogP) is 1.03. The van der Waals surface area contributed by atoms with Crippen molar-refractivity contribution in [2.45, 2.75) is 38.5 Å². The molecule has 5 aliphatic carbocycles. The molecule has 146 valence electrons. The van der Waals surface area contributed by atoms with Gasteiger partial charge in [0.05, 0.1) is 23.7 Å². The van der Waals surface area contributed by atoms with E-state index in [1.807, 2.05) is 0 Å². The van der Waals surface area contributed by atoms with Crippen LogP contribution in [0, 0.1) is 58.2 Å². The van der Waals surface area contributed by atoms with Gasteiger partial charge in [0.2, 0.25) is 0 Å². The number of fused-ring (bicyclic) bond motifs is 12. The number of esters is 4. The minimum absolute atomic E-state index is 0.0532. The van der Waals surface area contributed by atoms with Crippen LogP contribution in [0.15, 0.2) is 0 Å². The number of rotatable bonds is 0. The van der Waals surface area contributed by atoms with Crippen molar-refractivity contribution >= 4 is 29.7 Å². The molecule has 0 aromatic carbocycles. The van der Waals surface area contributed by atoms with Gasteiger partial charge in [0, 0.05) is 10.8 Å². The highest BCUT2D eigenvalue weighted by Crippen LogP contribution is 2.75. The Kier molecular flexibility index (Phi) is 2.49. The molecule has 0 radical (unpaired) electrons. The second-order valence-corrected chi connectivity index (χ2v) is 10.3. The molecule has 7 fully saturated rings. The Morgan fingerprint density at radius 1 is 0.607 bits per heavy atom. The van der Waals surface area contributed by atoms with Crippen molar-refractivity contribution in [3.8, 4) is 0 Å². The van der Waals surface area contributed by atoms with Gasteiger partial charge in [-0.25, -0.2) is 0 Å². The molecular weight excluding hydrogens is 364 g/mol. The van der Waals surface area contributed by atoms with Crippen molar-refractivity contribution < 1.29 is 33.4 Å². The zero-order chi connectivity index (χ0) is 19.2. The summed E-state index contributed by atoms with van der Waals surface area (Å²) in [5.41, 5.74) is -1.11. The molecule has 0 N–H and O–H groups in total. The number of ketones is 1. The standard InChI is InChI=1S/C21H20O7/c22-15-11-7-3-9(13(11)17(24)27-15)20(5-7)1-2-21(19(20)26)6-8-4-10(21)14-12(8)16(23)28-18(14)25/h7-14H,1-6H2/t7-,8-,9-,10+,11?,12-,13+,14+,20-,21+/m0/s1. The first-order valence-electron chi connectivity index (χ1n) is 10.4. The number of carbonyl (C=O) groups excluding carboxylic acids is 5. The third kappa shape index (κ3) is 1.40. The molecule has 0 aromatic rings. The van der Waals surface area contributed by atoms with Gasteiger partial charge in [0.25, 0.3) is 0 Å². The molecule has 7 aliphatic rings. The van der Waals surface area contributed by atoms with Crippen LogP contribution in [0.5, 0.6) is 0 Å². The molecule has 2 aliphatic heterocycles. The Balaban J connectivity index is 1.27. The van der Waals surface area contributed by atoms with Gasteiger partial charge in [-0.1, -0.05) is 0 Å². The Bertz CT molecular complexity index is 850.